The van der Waals surface area contributed by atoms with Crippen molar-refractivity contribution in [2.45, 2.75) is 30.4 Å². The molecule has 0 amide bonds. The van der Waals surface area contributed by atoms with Crippen molar-refractivity contribution in [2.75, 3.05) is 18.1 Å². The predicted molar refractivity (Wildman–Crippen MR) is 82.7 cm³/mol. The highest BCUT2D eigenvalue weighted by Gasteiger charge is 2.29. The Morgan fingerprint density at radius 2 is 2.17 bits per heavy atom. The van der Waals surface area contributed by atoms with Crippen LogP contribution in [-0.4, -0.2) is 28.6 Å². The first-order valence-electron chi connectivity index (χ1n) is 6.44. The van der Waals surface area contributed by atoms with Crippen molar-refractivity contribution in [3.05, 3.63) is 29.8 Å². The molecule has 0 radical (unpaired) electrons. The van der Waals surface area contributed by atoms with Crippen LogP contribution in [0.3, 0.4) is 0 Å². The molecule has 1 aromatic carbocycles. The fourth-order valence-corrected chi connectivity index (χ4v) is 5.09. The van der Waals surface area contributed by atoms with Crippen molar-refractivity contribution in [1.82, 2.24) is 0 Å². The summed E-state index contributed by atoms with van der Waals surface area (Å²) in [6.45, 7) is 4.99. The average Bonchev–Trinajstić information content (AvgIpc) is 2.39. The van der Waals surface area contributed by atoms with E-state index in [-0.39, 0.29) is 6.04 Å². The Bertz CT molecular complexity index is 386. The zero-order valence-corrected chi connectivity index (χ0v) is 12.6. The Kier molecular flexibility index (Phi) is 5.27. The van der Waals surface area contributed by atoms with Gasteiger partial charge in [-0.3, -0.25) is 0 Å². The minimum absolute atomic E-state index is 0.0956. The Balaban J connectivity index is 2.11. The molecule has 1 aliphatic rings. The van der Waals surface area contributed by atoms with Gasteiger partial charge in [-0.05, 0) is 24.6 Å². The van der Waals surface area contributed by atoms with Crippen LogP contribution in [0.5, 0.6) is 5.75 Å². The molecule has 18 heavy (non-hydrogen) atoms. The maximum atomic E-state index is 6.44. The molecule has 1 saturated heterocycles. The molecule has 0 spiro atoms. The van der Waals surface area contributed by atoms with Gasteiger partial charge in [0.15, 0.2) is 0 Å². The Hall–Kier alpha value is -0.320. The van der Waals surface area contributed by atoms with Crippen LogP contribution < -0.4 is 10.5 Å². The molecule has 1 heterocycles. The molecular formula is C14H21NOS2. The third kappa shape index (κ3) is 3.37. The summed E-state index contributed by atoms with van der Waals surface area (Å²) in [7, 11) is 0. The minimum atomic E-state index is 0.0956. The van der Waals surface area contributed by atoms with E-state index in [2.05, 4.69) is 19.1 Å². The van der Waals surface area contributed by atoms with Crippen LogP contribution in [0.2, 0.25) is 0 Å². The van der Waals surface area contributed by atoms with Crippen LogP contribution in [0, 0.1) is 0 Å². The molecule has 0 bridgehead atoms. The molecule has 1 aliphatic heterocycles. The van der Waals surface area contributed by atoms with E-state index in [1.54, 1.807) is 0 Å². The molecule has 0 saturated carbocycles. The number of ether oxygens (including phenoxy) is 1. The van der Waals surface area contributed by atoms with Gasteiger partial charge in [0.05, 0.1) is 6.61 Å². The lowest BCUT2D eigenvalue weighted by molar-refractivity contribution is 0.339. The molecule has 100 valence electrons. The maximum absolute atomic E-state index is 6.44. The third-order valence-electron chi connectivity index (χ3n) is 3.14. The topological polar surface area (TPSA) is 35.2 Å². The van der Waals surface area contributed by atoms with E-state index in [9.17, 15) is 0 Å². The van der Waals surface area contributed by atoms with Crippen LogP contribution in [-0.2, 0) is 0 Å². The van der Waals surface area contributed by atoms with Gasteiger partial charge in [-0.2, -0.15) is 23.5 Å². The highest BCUT2D eigenvalue weighted by atomic mass is 32.2. The normalized spacial score (nSPS) is 25.7. The molecular weight excluding hydrogens is 262 g/mol. The van der Waals surface area contributed by atoms with E-state index in [0.717, 1.165) is 5.75 Å². The lowest BCUT2D eigenvalue weighted by atomic mass is 10.0. The van der Waals surface area contributed by atoms with Crippen LogP contribution in [0.4, 0.5) is 0 Å². The third-order valence-corrected chi connectivity index (χ3v) is 6.36. The fraction of sp³-hybridized carbons (Fsp3) is 0.571. The largest absolute Gasteiger partial charge is 0.494 e. The second kappa shape index (κ2) is 6.73. The van der Waals surface area contributed by atoms with E-state index >= 15 is 0 Å². The summed E-state index contributed by atoms with van der Waals surface area (Å²) < 4.78 is 5.54. The maximum Gasteiger partial charge on any atom is 0.119 e. The second-order valence-electron chi connectivity index (χ2n) is 4.44. The van der Waals surface area contributed by atoms with Crippen LogP contribution in [0.1, 0.15) is 25.5 Å². The zero-order chi connectivity index (χ0) is 13.0. The molecule has 3 atom stereocenters. The highest BCUT2D eigenvalue weighted by molar-refractivity contribution is 8.07. The fourth-order valence-electron chi connectivity index (χ4n) is 2.21. The van der Waals surface area contributed by atoms with Gasteiger partial charge in [0.1, 0.15) is 5.75 Å². The lowest BCUT2D eigenvalue weighted by Crippen LogP contribution is -2.34. The summed E-state index contributed by atoms with van der Waals surface area (Å²) in [5.41, 5.74) is 7.62. The summed E-state index contributed by atoms with van der Waals surface area (Å²) in [5, 5.41) is 1.12. The van der Waals surface area contributed by atoms with Crippen LogP contribution in [0.25, 0.3) is 0 Å². The molecule has 4 heteroatoms. The van der Waals surface area contributed by atoms with Gasteiger partial charge in [0.2, 0.25) is 0 Å². The monoisotopic (exact) mass is 283 g/mol. The molecule has 2 rings (SSSR count). The number of hydrogen-bond donors (Lipinski definition) is 1. The SMILES string of the molecule is CCOc1cccc(C(N)C2SCCSC2C)c1. The summed E-state index contributed by atoms with van der Waals surface area (Å²) in [5.74, 6) is 3.37. The smallest absolute Gasteiger partial charge is 0.119 e. The second-order valence-corrected chi connectivity index (χ2v) is 7.21. The zero-order valence-electron chi connectivity index (χ0n) is 11.0. The Labute approximate surface area is 118 Å². The quantitative estimate of drug-likeness (QED) is 0.919. The van der Waals surface area contributed by atoms with Crippen molar-refractivity contribution in [3.8, 4) is 5.75 Å². The summed E-state index contributed by atoms with van der Waals surface area (Å²) in [6, 6.07) is 8.32. The summed E-state index contributed by atoms with van der Waals surface area (Å²) in [4.78, 5) is 0. The number of thioether (sulfide) groups is 2. The van der Waals surface area contributed by atoms with Crippen molar-refractivity contribution in [1.29, 1.82) is 0 Å². The van der Waals surface area contributed by atoms with Gasteiger partial charge >= 0.3 is 0 Å². The lowest BCUT2D eigenvalue weighted by Gasteiger charge is -2.32. The predicted octanol–water partition coefficient (Wildman–Crippen LogP) is 3.32. The van der Waals surface area contributed by atoms with Gasteiger partial charge < -0.3 is 10.5 Å². The molecule has 1 aromatic rings. The number of hydrogen-bond acceptors (Lipinski definition) is 4. The number of nitrogens with two attached hydrogens (primary N) is 1. The van der Waals surface area contributed by atoms with Crippen molar-refractivity contribution in [2.24, 2.45) is 5.73 Å². The molecule has 3 unspecified atom stereocenters. The van der Waals surface area contributed by atoms with Gasteiger partial charge in [0, 0.05) is 28.0 Å². The number of benzene rings is 1. The average molecular weight is 283 g/mol. The minimum Gasteiger partial charge on any atom is -0.494 e. The molecule has 2 N–H and O–H groups in total. The first-order chi connectivity index (χ1) is 8.72. The van der Waals surface area contributed by atoms with Gasteiger partial charge in [-0.15, -0.1) is 0 Å². The van der Waals surface area contributed by atoms with Crippen LogP contribution >= 0.6 is 23.5 Å². The Morgan fingerprint density at radius 1 is 1.39 bits per heavy atom. The molecule has 1 fully saturated rings. The summed E-state index contributed by atoms with van der Waals surface area (Å²) in [6.07, 6.45) is 0. The number of rotatable bonds is 4. The van der Waals surface area contributed by atoms with E-state index in [1.165, 1.54) is 17.1 Å². The molecule has 2 nitrogen and oxygen atoms in total. The van der Waals surface area contributed by atoms with Crippen molar-refractivity contribution >= 4 is 23.5 Å². The van der Waals surface area contributed by atoms with E-state index in [0.29, 0.717) is 17.1 Å². The van der Waals surface area contributed by atoms with Gasteiger partial charge in [-0.25, -0.2) is 0 Å². The summed E-state index contributed by atoms with van der Waals surface area (Å²) >= 11 is 4.04. The first-order valence-corrected chi connectivity index (χ1v) is 8.53. The van der Waals surface area contributed by atoms with Gasteiger partial charge in [-0.1, -0.05) is 19.1 Å². The van der Waals surface area contributed by atoms with Crippen molar-refractivity contribution < 1.29 is 4.74 Å². The molecule has 0 aliphatic carbocycles. The molecule has 0 aromatic heterocycles. The van der Waals surface area contributed by atoms with E-state index in [1.807, 2.05) is 42.6 Å². The first kappa shape index (κ1) is 14.1. The Morgan fingerprint density at radius 3 is 2.89 bits per heavy atom. The van der Waals surface area contributed by atoms with Crippen molar-refractivity contribution in [3.63, 3.8) is 0 Å². The van der Waals surface area contributed by atoms with E-state index in [4.69, 9.17) is 10.5 Å². The van der Waals surface area contributed by atoms with Gasteiger partial charge in [0.25, 0.3) is 0 Å². The highest BCUT2D eigenvalue weighted by Crippen LogP contribution is 2.37. The standard InChI is InChI=1S/C14H21NOS2/c1-3-16-12-6-4-5-11(9-12)13(15)14-10(2)17-7-8-18-14/h4-6,9-10,13-14H,3,7-8,15H2,1-2H3. The van der Waals surface area contributed by atoms with Crippen LogP contribution in [0.15, 0.2) is 24.3 Å². The van der Waals surface area contributed by atoms with E-state index < -0.39 is 0 Å².